The molecule has 0 radical (unpaired) electrons. The fraction of sp³-hybridized carbons (Fsp3) is 0.857. The minimum atomic E-state index is -0.692. The third-order valence-electron chi connectivity index (χ3n) is 14.8. The largest absolute Gasteiger partial charge is 0.240 e. The van der Waals surface area contributed by atoms with Crippen LogP contribution in [-0.2, 0) is 5.41 Å². The molecule has 6 rings (SSSR count). The topological polar surface area (TPSA) is 0 Å². The van der Waals surface area contributed by atoms with Crippen molar-refractivity contribution >= 4 is 10.0 Å². The van der Waals surface area contributed by atoms with Crippen LogP contribution in [0.4, 0.5) is 0 Å². The van der Waals surface area contributed by atoms with Crippen molar-refractivity contribution in [3.05, 3.63) is 35.4 Å². The molecule has 5 saturated carbocycles. The molecule has 1 heteroatoms. The zero-order valence-electron chi connectivity index (χ0n) is 30.1. The van der Waals surface area contributed by atoms with Crippen molar-refractivity contribution in [3.63, 3.8) is 0 Å². The molecule has 43 heavy (non-hydrogen) atoms. The van der Waals surface area contributed by atoms with Crippen molar-refractivity contribution in [3.8, 4) is 0 Å². The highest BCUT2D eigenvalue weighted by atomic mass is 32.3. The summed E-state index contributed by atoms with van der Waals surface area (Å²) in [7, 11) is -0.692. The van der Waals surface area contributed by atoms with Crippen molar-refractivity contribution in [2.24, 2.45) is 58.7 Å². The maximum Gasteiger partial charge on any atom is -0.00571 e. The first-order valence-corrected chi connectivity index (χ1v) is 21.6. The van der Waals surface area contributed by atoms with Gasteiger partial charge in [-0.3, -0.25) is 0 Å². The van der Waals surface area contributed by atoms with Gasteiger partial charge in [0.1, 0.15) is 0 Å². The van der Waals surface area contributed by atoms with Crippen LogP contribution in [0.25, 0.3) is 0 Å². The highest BCUT2D eigenvalue weighted by molar-refractivity contribution is 8.33. The number of hydrogen-bond donors (Lipinski definition) is 0. The van der Waals surface area contributed by atoms with Gasteiger partial charge in [0.2, 0.25) is 0 Å². The average molecular weight is 607 g/mol. The summed E-state index contributed by atoms with van der Waals surface area (Å²) in [5, 5.41) is 2.01. The molecule has 5 aliphatic carbocycles. The van der Waals surface area contributed by atoms with E-state index in [1.165, 1.54) is 63.4 Å². The van der Waals surface area contributed by atoms with Crippen molar-refractivity contribution in [1.29, 1.82) is 0 Å². The van der Waals surface area contributed by atoms with Crippen LogP contribution < -0.4 is 0 Å². The highest BCUT2D eigenvalue weighted by Gasteiger charge is 2.57. The van der Waals surface area contributed by atoms with Gasteiger partial charge in [0, 0.05) is 0 Å². The van der Waals surface area contributed by atoms with E-state index in [1.807, 2.05) is 0 Å². The van der Waals surface area contributed by atoms with Gasteiger partial charge in [-0.2, -0.15) is 0 Å². The van der Waals surface area contributed by atoms with Gasteiger partial charge in [0.05, 0.1) is 0 Å². The molecule has 10 atom stereocenters. The summed E-state index contributed by atoms with van der Waals surface area (Å²) in [6.07, 6.45) is 23.9. The zero-order valence-corrected chi connectivity index (χ0v) is 30.9. The monoisotopic (exact) mass is 607 g/mol. The molecule has 0 heterocycles. The minimum Gasteiger partial charge on any atom is -0.240 e. The molecule has 244 valence electrons. The van der Waals surface area contributed by atoms with Gasteiger partial charge in [-0.05, 0) is 168 Å². The van der Waals surface area contributed by atoms with Crippen LogP contribution in [0.15, 0.2) is 24.3 Å². The number of fused-ring (bicyclic) bond motifs is 2. The van der Waals surface area contributed by atoms with E-state index < -0.39 is 10.0 Å². The lowest BCUT2D eigenvalue weighted by molar-refractivity contribution is 0.0646. The molecule has 0 amide bonds. The summed E-state index contributed by atoms with van der Waals surface area (Å²) in [5.41, 5.74) is 3.90. The summed E-state index contributed by atoms with van der Waals surface area (Å²) in [6, 6.07) is 9.98. The van der Waals surface area contributed by atoms with Gasteiger partial charge in [-0.15, -0.1) is 0 Å². The maximum absolute atomic E-state index is 2.87. The lowest BCUT2D eigenvalue weighted by Gasteiger charge is -2.54. The molecule has 0 saturated heterocycles. The Bertz CT molecular complexity index is 1080. The molecule has 1 aromatic carbocycles. The summed E-state index contributed by atoms with van der Waals surface area (Å²) in [6.45, 7) is 20.0. The Morgan fingerprint density at radius 1 is 0.581 bits per heavy atom. The smallest absolute Gasteiger partial charge is 0.00571 e. The summed E-state index contributed by atoms with van der Waals surface area (Å²) in [4.78, 5) is 0. The van der Waals surface area contributed by atoms with Crippen molar-refractivity contribution in [2.75, 3.05) is 12.5 Å². The van der Waals surface area contributed by atoms with E-state index in [0.29, 0.717) is 5.41 Å². The van der Waals surface area contributed by atoms with E-state index in [1.54, 1.807) is 24.8 Å². The zero-order chi connectivity index (χ0) is 30.9. The second-order valence-corrected chi connectivity index (χ2v) is 23.5. The quantitative estimate of drug-likeness (QED) is 0.320. The number of hydrogen-bond acceptors (Lipinski definition) is 0. The van der Waals surface area contributed by atoms with E-state index >= 15 is 0 Å². The Balaban J connectivity index is 1.19. The molecule has 10 unspecified atom stereocenters. The summed E-state index contributed by atoms with van der Waals surface area (Å²) < 4.78 is 0. The Kier molecular flexibility index (Phi) is 9.06. The van der Waals surface area contributed by atoms with Crippen LogP contribution in [0.2, 0.25) is 0 Å². The lowest BCUT2D eigenvalue weighted by Crippen LogP contribution is -2.42. The SMILES string of the molecule is CC1CC2C(c3ccc(C(C)(C)C)cc3)CCCC2C1S(C)(C)C1C(C)CC2C(C3CCC(C(C)(C)C)CC3)CCCC21. The predicted molar refractivity (Wildman–Crippen MR) is 193 cm³/mol. The number of rotatable bonds is 4. The molecule has 5 fully saturated rings. The molecule has 5 aliphatic rings. The van der Waals surface area contributed by atoms with Crippen LogP contribution in [-0.4, -0.2) is 23.0 Å². The van der Waals surface area contributed by atoms with E-state index in [9.17, 15) is 0 Å². The Labute approximate surface area is 270 Å². The van der Waals surface area contributed by atoms with Gasteiger partial charge in [-0.1, -0.05) is 92.5 Å². The normalized spacial score (nSPS) is 42.8. The van der Waals surface area contributed by atoms with Gasteiger partial charge < -0.3 is 0 Å². The predicted octanol–water partition coefficient (Wildman–Crippen LogP) is 12.2. The fourth-order valence-corrected chi connectivity index (χ4v) is 18.5. The Morgan fingerprint density at radius 2 is 1.09 bits per heavy atom. The third-order valence-corrected chi connectivity index (χ3v) is 19.2. The van der Waals surface area contributed by atoms with Crippen LogP contribution >= 0.6 is 10.0 Å². The molecular formula is C42H70S. The highest BCUT2D eigenvalue weighted by Crippen LogP contribution is 2.71. The van der Waals surface area contributed by atoms with Crippen LogP contribution in [0.3, 0.4) is 0 Å². The van der Waals surface area contributed by atoms with Crippen LogP contribution in [0, 0.1) is 58.7 Å². The number of benzene rings is 1. The minimum absolute atomic E-state index is 0.244. The molecule has 1 aromatic rings. The molecular weight excluding hydrogens is 537 g/mol. The maximum atomic E-state index is 2.87. The molecule has 0 bridgehead atoms. The van der Waals surface area contributed by atoms with E-state index in [-0.39, 0.29) is 5.41 Å². The first-order chi connectivity index (χ1) is 20.2. The molecule has 0 aromatic heterocycles. The summed E-state index contributed by atoms with van der Waals surface area (Å²) in [5.74, 6) is 9.67. The van der Waals surface area contributed by atoms with E-state index in [2.05, 4.69) is 92.2 Å². The van der Waals surface area contributed by atoms with Gasteiger partial charge in [0.25, 0.3) is 0 Å². The van der Waals surface area contributed by atoms with Crippen molar-refractivity contribution < 1.29 is 0 Å². The van der Waals surface area contributed by atoms with E-state index in [0.717, 1.165) is 69.7 Å². The first kappa shape index (κ1) is 32.5. The summed E-state index contributed by atoms with van der Waals surface area (Å²) >= 11 is 0. The van der Waals surface area contributed by atoms with Crippen LogP contribution in [0.5, 0.6) is 0 Å². The van der Waals surface area contributed by atoms with Gasteiger partial charge >= 0.3 is 0 Å². The molecule has 0 spiro atoms. The fourth-order valence-electron chi connectivity index (χ4n) is 13.0. The molecule has 0 nitrogen and oxygen atoms in total. The first-order valence-electron chi connectivity index (χ1n) is 19.0. The van der Waals surface area contributed by atoms with Gasteiger partial charge in [0.15, 0.2) is 0 Å². The standard InChI is InChI=1S/C42H70S/c1-27-25-37-33(29-17-21-31(22-18-29)41(3,4)5)13-11-15-35(37)39(27)43(9,10)40-28(2)26-38-34(14-12-16-36(38)40)30-19-23-32(24-20-30)42(6,7)8/h17-18,21-22,27-28,30,32-40H,11-16,19-20,23-26H2,1-10H3. The van der Waals surface area contributed by atoms with Crippen molar-refractivity contribution in [1.82, 2.24) is 0 Å². The molecule has 0 aliphatic heterocycles. The second-order valence-electron chi connectivity index (χ2n) is 19.5. The van der Waals surface area contributed by atoms with Gasteiger partial charge in [-0.25, -0.2) is 10.0 Å². The lowest BCUT2D eigenvalue weighted by atomic mass is 9.61. The second kappa shape index (κ2) is 12.0. The van der Waals surface area contributed by atoms with Crippen molar-refractivity contribution in [2.45, 2.75) is 154 Å². The Morgan fingerprint density at radius 3 is 1.65 bits per heavy atom. The Hall–Kier alpha value is -0.430. The molecule has 0 N–H and O–H groups in total. The third kappa shape index (κ3) is 6.07. The van der Waals surface area contributed by atoms with Crippen LogP contribution in [0.1, 0.15) is 149 Å². The average Bonchev–Trinajstić information content (AvgIpc) is 3.48. The van der Waals surface area contributed by atoms with E-state index in [4.69, 9.17) is 0 Å².